The molecule has 220 valence electrons. The van der Waals surface area contributed by atoms with Crippen LogP contribution < -0.4 is 0 Å². The summed E-state index contributed by atoms with van der Waals surface area (Å²) in [5.41, 5.74) is -3.07. The maximum absolute atomic E-state index is 14.1. The van der Waals surface area contributed by atoms with E-state index in [1.165, 1.54) is 32.0 Å². The predicted molar refractivity (Wildman–Crippen MR) is 142 cm³/mol. The highest BCUT2D eigenvalue weighted by Gasteiger charge is 2.41. The molecule has 2 saturated heterocycles. The summed E-state index contributed by atoms with van der Waals surface area (Å²) >= 11 is 0. The van der Waals surface area contributed by atoms with Crippen molar-refractivity contribution in [3.8, 4) is 0 Å². The molecule has 11 heteroatoms. The Balaban J connectivity index is 0.000000349. The minimum absolute atomic E-state index is 0.230. The van der Waals surface area contributed by atoms with Crippen LogP contribution in [0.4, 0.5) is 4.39 Å². The summed E-state index contributed by atoms with van der Waals surface area (Å²) in [6.45, 7) is 13.3. The molecule has 0 saturated carbocycles. The molecule has 2 heterocycles. The molecule has 1 aromatic carbocycles. The number of aliphatic carboxylic acids is 3. The monoisotopic (exact) mass is 554 g/mol. The Bertz CT molecular complexity index is 970. The molecule has 0 aromatic heterocycles. The van der Waals surface area contributed by atoms with E-state index in [0.29, 0.717) is 18.4 Å². The first-order valence-corrected chi connectivity index (χ1v) is 13.4. The molecule has 0 radical (unpaired) electrons. The summed E-state index contributed by atoms with van der Waals surface area (Å²) in [5, 5.41) is 44.8. The number of piperidine rings is 2. The number of carboxylic acids is 3. The third-order valence-corrected chi connectivity index (χ3v) is 7.52. The van der Waals surface area contributed by atoms with Crippen molar-refractivity contribution in [1.29, 1.82) is 0 Å². The second kappa shape index (κ2) is 13.6. The smallest absolute Gasteiger partial charge is 0.336 e. The van der Waals surface area contributed by atoms with Crippen molar-refractivity contribution in [1.82, 2.24) is 9.80 Å². The summed E-state index contributed by atoms with van der Waals surface area (Å²) in [5.74, 6) is -4.44. The van der Waals surface area contributed by atoms with Crippen molar-refractivity contribution in [2.24, 2.45) is 11.3 Å². The van der Waals surface area contributed by atoms with Gasteiger partial charge in [-0.25, -0.2) is 9.18 Å². The van der Waals surface area contributed by atoms with E-state index in [9.17, 15) is 23.9 Å². The highest BCUT2D eigenvalue weighted by Crippen LogP contribution is 2.35. The molecule has 0 spiro atoms. The van der Waals surface area contributed by atoms with Crippen molar-refractivity contribution < 1.29 is 44.3 Å². The van der Waals surface area contributed by atoms with Crippen molar-refractivity contribution in [2.45, 2.75) is 70.5 Å². The average molecular weight is 555 g/mol. The van der Waals surface area contributed by atoms with Gasteiger partial charge in [0.2, 0.25) is 0 Å². The fourth-order valence-corrected chi connectivity index (χ4v) is 5.38. The molecule has 0 unspecified atom stereocenters. The molecule has 1 aromatic rings. The normalized spacial score (nSPS) is 19.1. The van der Waals surface area contributed by atoms with E-state index in [2.05, 4.69) is 30.6 Å². The zero-order valence-electron chi connectivity index (χ0n) is 23.1. The zero-order chi connectivity index (χ0) is 29.4. The molecular weight excluding hydrogens is 511 g/mol. The molecule has 0 bridgehead atoms. The number of likely N-dealkylation sites (tertiary alicyclic amines) is 2. The second-order valence-corrected chi connectivity index (χ2v) is 11.9. The lowest BCUT2D eigenvalue weighted by Gasteiger charge is -2.43. The van der Waals surface area contributed by atoms with Crippen LogP contribution >= 0.6 is 0 Å². The lowest BCUT2D eigenvalue weighted by Crippen LogP contribution is -2.49. The van der Waals surface area contributed by atoms with E-state index in [0.717, 1.165) is 32.1 Å². The molecule has 10 nitrogen and oxygen atoms in total. The Labute approximate surface area is 229 Å². The van der Waals surface area contributed by atoms with Gasteiger partial charge in [-0.3, -0.25) is 9.59 Å². The predicted octanol–water partition coefficient (Wildman–Crippen LogP) is 2.62. The third kappa shape index (κ3) is 10.1. The van der Waals surface area contributed by atoms with E-state index >= 15 is 0 Å². The highest BCUT2D eigenvalue weighted by molar-refractivity contribution is 5.88. The number of aliphatic hydroxyl groups is 2. The van der Waals surface area contributed by atoms with Crippen LogP contribution in [0, 0.1) is 17.2 Å². The topological polar surface area (TPSA) is 159 Å². The second-order valence-electron chi connectivity index (χ2n) is 11.9. The first kappa shape index (κ1) is 32.6. The Morgan fingerprint density at radius 1 is 0.923 bits per heavy atom. The molecule has 0 amide bonds. The summed E-state index contributed by atoms with van der Waals surface area (Å²) in [4.78, 5) is 35.5. The van der Waals surface area contributed by atoms with Crippen LogP contribution in [-0.4, -0.2) is 98.1 Å². The fourth-order valence-electron chi connectivity index (χ4n) is 5.38. The lowest BCUT2D eigenvalue weighted by atomic mass is 9.83. The Kier molecular flexibility index (Phi) is 11.4. The first-order chi connectivity index (χ1) is 18.0. The maximum Gasteiger partial charge on any atom is 0.336 e. The van der Waals surface area contributed by atoms with Crippen LogP contribution in [0.1, 0.15) is 64.9 Å². The van der Waals surface area contributed by atoms with Crippen molar-refractivity contribution in [3.05, 3.63) is 35.6 Å². The first-order valence-electron chi connectivity index (χ1n) is 13.4. The molecule has 2 fully saturated rings. The van der Waals surface area contributed by atoms with Crippen LogP contribution in [0.15, 0.2) is 24.3 Å². The molecule has 2 aliphatic rings. The van der Waals surface area contributed by atoms with E-state index < -0.39 is 42.0 Å². The Morgan fingerprint density at radius 2 is 1.38 bits per heavy atom. The van der Waals surface area contributed by atoms with Gasteiger partial charge in [-0.05, 0) is 56.2 Å². The van der Waals surface area contributed by atoms with Gasteiger partial charge >= 0.3 is 17.9 Å². The van der Waals surface area contributed by atoms with Crippen LogP contribution in [0.25, 0.3) is 0 Å². The SMILES string of the molecule is CC1CCN(CC(C)(C)CN2CCC(O)(c3ccccc3F)CC2)CC1.O=C(O)CC(O)(CC(=O)O)C(=O)O. The van der Waals surface area contributed by atoms with Crippen LogP contribution in [0.3, 0.4) is 0 Å². The van der Waals surface area contributed by atoms with Gasteiger partial charge in [-0.1, -0.05) is 39.0 Å². The average Bonchev–Trinajstić information content (AvgIpc) is 2.81. The number of nitrogens with zero attached hydrogens (tertiary/aromatic N) is 2. The maximum atomic E-state index is 14.1. The lowest BCUT2D eigenvalue weighted by molar-refractivity contribution is -0.170. The van der Waals surface area contributed by atoms with Gasteiger partial charge in [0.25, 0.3) is 0 Å². The minimum atomic E-state index is -2.74. The number of hydrogen-bond acceptors (Lipinski definition) is 7. The molecule has 5 N–H and O–H groups in total. The fraction of sp³-hybridized carbons (Fsp3) is 0.679. The van der Waals surface area contributed by atoms with Gasteiger partial charge < -0.3 is 35.3 Å². The van der Waals surface area contributed by atoms with E-state index in [1.54, 1.807) is 12.1 Å². The summed E-state index contributed by atoms with van der Waals surface area (Å²) < 4.78 is 14.1. The number of carboxylic acid groups (broad SMARTS) is 3. The van der Waals surface area contributed by atoms with Gasteiger partial charge in [-0.15, -0.1) is 0 Å². The largest absolute Gasteiger partial charge is 0.481 e. The molecule has 0 atom stereocenters. The quantitative estimate of drug-likeness (QED) is 0.291. The van der Waals surface area contributed by atoms with Gasteiger partial charge in [0.05, 0.1) is 18.4 Å². The van der Waals surface area contributed by atoms with Gasteiger partial charge in [-0.2, -0.15) is 0 Å². The highest BCUT2D eigenvalue weighted by atomic mass is 19.1. The van der Waals surface area contributed by atoms with E-state index in [4.69, 9.17) is 20.4 Å². The molecule has 0 aliphatic carbocycles. The van der Waals surface area contributed by atoms with Crippen molar-refractivity contribution >= 4 is 17.9 Å². The molecule has 2 aliphatic heterocycles. The van der Waals surface area contributed by atoms with E-state index in [1.807, 2.05) is 6.07 Å². The number of carbonyl (C=O) groups is 3. The van der Waals surface area contributed by atoms with Crippen LogP contribution in [0.2, 0.25) is 0 Å². The molecule has 3 rings (SSSR count). The van der Waals surface area contributed by atoms with Crippen molar-refractivity contribution in [2.75, 3.05) is 39.3 Å². The van der Waals surface area contributed by atoms with E-state index in [-0.39, 0.29) is 11.2 Å². The summed E-state index contributed by atoms with van der Waals surface area (Å²) in [7, 11) is 0. The Morgan fingerprint density at radius 3 is 1.82 bits per heavy atom. The standard InChI is InChI=1S/C22H35FN2O.C6H8O7/c1-18-8-12-24(13-9-18)16-21(2,3)17-25-14-10-22(26,11-15-25)19-6-4-5-7-20(19)23;7-3(8)1-6(13,5(11)12)2-4(9)10/h4-7,18,26H,8-17H2,1-3H3;13H,1-2H2,(H,7,8)(H,9,10)(H,11,12). The number of hydrogen-bond donors (Lipinski definition) is 5. The summed E-state index contributed by atoms with van der Waals surface area (Å²) in [6, 6.07) is 6.67. The van der Waals surface area contributed by atoms with Crippen LogP contribution in [-0.2, 0) is 20.0 Å². The molecular formula is C28H43FN2O8. The number of rotatable bonds is 10. The zero-order valence-corrected chi connectivity index (χ0v) is 23.1. The number of halogens is 1. The minimum Gasteiger partial charge on any atom is -0.481 e. The Hall–Kier alpha value is -2.60. The number of benzene rings is 1. The summed E-state index contributed by atoms with van der Waals surface area (Å²) in [6.07, 6.45) is 1.55. The molecule has 39 heavy (non-hydrogen) atoms. The third-order valence-electron chi connectivity index (χ3n) is 7.52. The van der Waals surface area contributed by atoms with Crippen molar-refractivity contribution in [3.63, 3.8) is 0 Å². The van der Waals surface area contributed by atoms with Gasteiger partial charge in [0.1, 0.15) is 5.82 Å². The van der Waals surface area contributed by atoms with Gasteiger partial charge in [0, 0.05) is 31.7 Å². The van der Waals surface area contributed by atoms with Gasteiger partial charge in [0.15, 0.2) is 5.60 Å². The van der Waals surface area contributed by atoms with Crippen LogP contribution in [0.5, 0.6) is 0 Å².